The van der Waals surface area contributed by atoms with E-state index in [-0.39, 0.29) is 11.9 Å². The molecule has 6 nitrogen and oxygen atoms in total. The van der Waals surface area contributed by atoms with Crippen molar-refractivity contribution in [1.29, 1.82) is 0 Å². The zero-order valence-corrected chi connectivity index (χ0v) is 15.9. The Labute approximate surface area is 150 Å². The van der Waals surface area contributed by atoms with E-state index in [1.54, 1.807) is 13.1 Å². The summed E-state index contributed by atoms with van der Waals surface area (Å²) in [6, 6.07) is 3.86. The minimum absolute atomic E-state index is 0.0735. The second-order valence-corrected chi connectivity index (χ2v) is 7.40. The van der Waals surface area contributed by atoms with Crippen LogP contribution in [0.5, 0.6) is 0 Å². The van der Waals surface area contributed by atoms with E-state index in [0.717, 1.165) is 31.4 Å². The molecule has 2 amide bonds. The average Bonchev–Trinajstić information content (AvgIpc) is 2.54. The van der Waals surface area contributed by atoms with Crippen molar-refractivity contribution in [3.8, 4) is 0 Å². The first-order chi connectivity index (χ1) is 11.7. The molecule has 0 radical (unpaired) electrons. The standard InChI is InChI=1S/C19H29N3O3/c1-6-21(18(24)25-19(3,4)5)17-11-10-15(13-20-17)16-9-7-8-12-22(16)14(2)23/h10-11,13,16H,6-9,12H2,1-5H3/t16-/m1/s1. The molecule has 0 unspecified atom stereocenters. The van der Waals surface area contributed by atoms with Gasteiger partial charge >= 0.3 is 6.09 Å². The van der Waals surface area contributed by atoms with Crippen LogP contribution in [0, 0.1) is 0 Å². The van der Waals surface area contributed by atoms with E-state index in [0.29, 0.717) is 12.4 Å². The number of pyridine rings is 1. The first-order valence-electron chi connectivity index (χ1n) is 8.96. The smallest absolute Gasteiger partial charge is 0.415 e. The van der Waals surface area contributed by atoms with Gasteiger partial charge in [0.25, 0.3) is 0 Å². The molecule has 6 heteroatoms. The monoisotopic (exact) mass is 347 g/mol. The van der Waals surface area contributed by atoms with Gasteiger partial charge in [-0.2, -0.15) is 0 Å². The van der Waals surface area contributed by atoms with Gasteiger partial charge in [-0.25, -0.2) is 9.78 Å². The average molecular weight is 347 g/mol. The zero-order chi connectivity index (χ0) is 18.6. The molecule has 1 fully saturated rings. The first kappa shape index (κ1) is 19.2. The summed E-state index contributed by atoms with van der Waals surface area (Å²) in [4.78, 5) is 32.1. The summed E-state index contributed by atoms with van der Waals surface area (Å²) in [5.74, 6) is 0.656. The van der Waals surface area contributed by atoms with Gasteiger partial charge in [-0.05, 0) is 58.6 Å². The Morgan fingerprint density at radius 2 is 2.04 bits per heavy atom. The summed E-state index contributed by atoms with van der Waals surface area (Å²) in [6.07, 6.45) is 4.47. The summed E-state index contributed by atoms with van der Waals surface area (Å²) in [7, 11) is 0. The highest BCUT2D eigenvalue weighted by Gasteiger charge is 2.27. The Morgan fingerprint density at radius 1 is 1.32 bits per heavy atom. The maximum atomic E-state index is 12.3. The van der Waals surface area contributed by atoms with Crippen molar-refractivity contribution >= 4 is 17.8 Å². The van der Waals surface area contributed by atoms with Gasteiger partial charge < -0.3 is 9.64 Å². The molecule has 0 bridgehead atoms. The van der Waals surface area contributed by atoms with E-state index in [1.165, 1.54) is 4.90 Å². The number of nitrogens with zero attached hydrogens (tertiary/aromatic N) is 3. The highest BCUT2D eigenvalue weighted by molar-refractivity contribution is 5.86. The van der Waals surface area contributed by atoms with Crippen LogP contribution in [0.3, 0.4) is 0 Å². The molecule has 1 atom stereocenters. The molecule has 0 spiro atoms. The summed E-state index contributed by atoms with van der Waals surface area (Å²) >= 11 is 0. The molecule has 0 saturated carbocycles. The lowest BCUT2D eigenvalue weighted by molar-refractivity contribution is -0.132. The van der Waals surface area contributed by atoms with Crippen molar-refractivity contribution in [3.63, 3.8) is 0 Å². The molecule has 0 aliphatic carbocycles. The fourth-order valence-electron chi connectivity index (χ4n) is 3.11. The van der Waals surface area contributed by atoms with E-state index in [4.69, 9.17) is 4.74 Å². The second kappa shape index (κ2) is 7.85. The van der Waals surface area contributed by atoms with Crippen molar-refractivity contribution in [2.24, 2.45) is 0 Å². The summed E-state index contributed by atoms with van der Waals surface area (Å²) in [5, 5.41) is 0. The van der Waals surface area contributed by atoms with Crippen LogP contribution in [0.4, 0.5) is 10.6 Å². The first-order valence-corrected chi connectivity index (χ1v) is 8.96. The van der Waals surface area contributed by atoms with Gasteiger partial charge in [0.15, 0.2) is 0 Å². The number of piperidine rings is 1. The van der Waals surface area contributed by atoms with Gasteiger partial charge in [-0.15, -0.1) is 0 Å². The number of rotatable bonds is 3. The van der Waals surface area contributed by atoms with E-state index in [2.05, 4.69) is 4.98 Å². The molecule has 1 saturated heterocycles. The SMILES string of the molecule is CCN(C(=O)OC(C)(C)C)c1ccc([C@H]2CCCCN2C(C)=O)cn1. The minimum Gasteiger partial charge on any atom is -0.443 e. The van der Waals surface area contributed by atoms with Gasteiger partial charge in [0.2, 0.25) is 5.91 Å². The number of ether oxygens (including phenoxy) is 1. The van der Waals surface area contributed by atoms with Crippen molar-refractivity contribution in [2.75, 3.05) is 18.0 Å². The third kappa shape index (κ3) is 4.94. The van der Waals surface area contributed by atoms with Crippen LogP contribution in [0.1, 0.15) is 65.5 Å². The Kier molecular flexibility index (Phi) is 6.03. The van der Waals surface area contributed by atoms with Crippen molar-refractivity contribution < 1.29 is 14.3 Å². The molecule has 25 heavy (non-hydrogen) atoms. The molecule has 2 rings (SSSR count). The topological polar surface area (TPSA) is 62.7 Å². The number of anilines is 1. The summed E-state index contributed by atoms with van der Waals surface area (Å²) in [5.41, 5.74) is 0.466. The molecule has 1 aliphatic heterocycles. The number of amides is 2. The molecule has 138 valence electrons. The zero-order valence-electron chi connectivity index (χ0n) is 15.9. The lowest BCUT2D eigenvalue weighted by Gasteiger charge is -2.35. The van der Waals surface area contributed by atoms with E-state index in [9.17, 15) is 9.59 Å². The molecule has 0 aromatic carbocycles. The van der Waals surface area contributed by atoms with Gasteiger partial charge in [0, 0.05) is 26.2 Å². The molecular formula is C19H29N3O3. The Hall–Kier alpha value is -2.11. The number of likely N-dealkylation sites (tertiary alicyclic amines) is 1. The van der Waals surface area contributed by atoms with Gasteiger partial charge in [0.05, 0.1) is 6.04 Å². The molecule has 0 N–H and O–H groups in total. The van der Waals surface area contributed by atoms with Crippen LogP contribution in [0.15, 0.2) is 18.3 Å². The van der Waals surface area contributed by atoms with Crippen LogP contribution in [0.2, 0.25) is 0 Å². The van der Waals surface area contributed by atoms with Crippen LogP contribution in [-0.4, -0.2) is 40.6 Å². The summed E-state index contributed by atoms with van der Waals surface area (Å²) in [6.45, 7) is 10.3. The number of carbonyl (C=O) groups excluding carboxylic acids is 2. The van der Waals surface area contributed by atoms with E-state index < -0.39 is 11.7 Å². The second-order valence-electron chi connectivity index (χ2n) is 7.40. The maximum Gasteiger partial charge on any atom is 0.415 e. The number of aromatic nitrogens is 1. The lowest BCUT2D eigenvalue weighted by atomic mass is 9.96. The third-order valence-corrected chi connectivity index (χ3v) is 4.27. The Bertz CT molecular complexity index is 607. The Morgan fingerprint density at radius 3 is 2.56 bits per heavy atom. The normalized spacial score (nSPS) is 18.0. The molecule has 1 aliphatic rings. The summed E-state index contributed by atoms with van der Waals surface area (Å²) < 4.78 is 5.43. The highest BCUT2D eigenvalue weighted by atomic mass is 16.6. The third-order valence-electron chi connectivity index (χ3n) is 4.27. The number of hydrogen-bond acceptors (Lipinski definition) is 4. The number of hydrogen-bond donors (Lipinski definition) is 0. The molecule has 1 aromatic rings. The van der Waals surface area contributed by atoms with Gasteiger partial charge in [0.1, 0.15) is 11.4 Å². The van der Waals surface area contributed by atoms with Gasteiger partial charge in [-0.3, -0.25) is 9.69 Å². The lowest BCUT2D eigenvalue weighted by Crippen LogP contribution is -2.38. The highest BCUT2D eigenvalue weighted by Crippen LogP contribution is 2.31. The van der Waals surface area contributed by atoms with E-state index >= 15 is 0 Å². The van der Waals surface area contributed by atoms with Crippen LogP contribution < -0.4 is 4.90 Å². The fourth-order valence-corrected chi connectivity index (χ4v) is 3.11. The predicted octanol–water partition coefficient (Wildman–Crippen LogP) is 3.92. The molecular weight excluding hydrogens is 318 g/mol. The molecule has 1 aromatic heterocycles. The van der Waals surface area contributed by atoms with Crippen molar-refractivity contribution in [2.45, 2.75) is 65.5 Å². The van der Waals surface area contributed by atoms with Crippen molar-refractivity contribution in [3.05, 3.63) is 23.9 Å². The van der Waals surface area contributed by atoms with Crippen LogP contribution >= 0.6 is 0 Å². The van der Waals surface area contributed by atoms with Crippen molar-refractivity contribution in [1.82, 2.24) is 9.88 Å². The number of carbonyl (C=O) groups is 2. The maximum absolute atomic E-state index is 12.3. The van der Waals surface area contributed by atoms with E-state index in [1.807, 2.05) is 44.7 Å². The minimum atomic E-state index is -0.547. The Balaban J connectivity index is 2.17. The van der Waals surface area contributed by atoms with Crippen LogP contribution in [0.25, 0.3) is 0 Å². The van der Waals surface area contributed by atoms with Crippen LogP contribution in [-0.2, 0) is 9.53 Å². The van der Waals surface area contributed by atoms with Gasteiger partial charge in [-0.1, -0.05) is 6.07 Å². The molecule has 2 heterocycles. The quantitative estimate of drug-likeness (QED) is 0.831. The fraction of sp³-hybridized carbons (Fsp3) is 0.632. The largest absolute Gasteiger partial charge is 0.443 e. The predicted molar refractivity (Wildman–Crippen MR) is 97.5 cm³/mol.